The molecule has 1 N–H and O–H groups in total. The van der Waals surface area contributed by atoms with E-state index in [1.807, 2.05) is 42.1 Å². The van der Waals surface area contributed by atoms with Gasteiger partial charge in [-0.3, -0.25) is 0 Å². The number of halogens is 1. The molecule has 2 aliphatic heterocycles. The highest BCUT2D eigenvalue weighted by molar-refractivity contribution is 8.13. The first kappa shape index (κ1) is 18.5. The van der Waals surface area contributed by atoms with Crippen molar-refractivity contribution in [1.29, 1.82) is 0 Å². The van der Waals surface area contributed by atoms with Crippen LogP contribution in [0.5, 0.6) is 0 Å². The van der Waals surface area contributed by atoms with Crippen molar-refractivity contribution in [1.82, 2.24) is 0 Å². The number of benzene rings is 2. The number of aryl methyl sites for hydroxylation is 1. The topological polar surface area (TPSA) is 26.5 Å². The summed E-state index contributed by atoms with van der Waals surface area (Å²) in [7, 11) is 0. The highest BCUT2D eigenvalue weighted by Crippen LogP contribution is 2.38. The van der Waals surface area contributed by atoms with Crippen LogP contribution in [0.2, 0.25) is 0 Å². The van der Waals surface area contributed by atoms with Gasteiger partial charge >= 0.3 is 5.17 Å². The van der Waals surface area contributed by atoms with Crippen molar-refractivity contribution in [2.75, 3.05) is 23.7 Å². The molecule has 0 radical (unpaired) electrons. The van der Waals surface area contributed by atoms with Crippen LogP contribution in [0.4, 0.5) is 5.69 Å². The summed E-state index contributed by atoms with van der Waals surface area (Å²) in [5, 5.41) is 12.8. The molecule has 0 aliphatic carbocycles. The Labute approximate surface area is 164 Å². The Bertz CT molecular complexity index is 809. The number of thioether (sulfide) groups is 1. The maximum Gasteiger partial charge on any atom is 0.316 e. The van der Waals surface area contributed by atoms with Gasteiger partial charge in [0.25, 0.3) is 5.72 Å². The van der Waals surface area contributed by atoms with Gasteiger partial charge < -0.3 is 22.1 Å². The molecule has 0 bridgehead atoms. The monoisotopic (exact) mass is 418 g/mol. The molecular formula is C20H23BrN2OS. The molecule has 2 aromatic rings. The number of hydrogen-bond acceptors (Lipinski definition) is 3. The lowest BCUT2D eigenvalue weighted by Gasteiger charge is -2.24. The minimum atomic E-state index is -0.958. The van der Waals surface area contributed by atoms with Gasteiger partial charge in [0.15, 0.2) is 6.54 Å². The molecule has 0 fully saturated rings. The summed E-state index contributed by atoms with van der Waals surface area (Å²) in [6, 6.07) is 16.5. The largest absolute Gasteiger partial charge is 1.00 e. The third-order valence-electron chi connectivity index (χ3n) is 5.15. The zero-order valence-corrected chi connectivity index (χ0v) is 17.0. The zero-order valence-electron chi connectivity index (χ0n) is 14.6. The number of rotatable bonds is 2. The molecular weight excluding hydrogens is 396 g/mol. The average molecular weight is 419 g/mol. The van der Waals surface area contributed by atoms with Gasteiger partial charge in [0.05, 0.1) is 6.54 Å². The van der Waals surface area contributed by atoms with Crippen LogP contribution >= 0.6 is 11.8 Å². The van der Waals surface area contributed by atoms with Crippen molar-refractivity contribution < 1.29 is 26.7 Å². The highest BCUT2D eigenvalue weighted by Gasteiger charge is 2.53. The van der Waals surface area contributed by atoms with Crippen LogP contribution in [-0.4, -0.2) is 33.7 Å². The Kier molecular flexibility index (Phi) is 5.28. The zero-order chi connectivity index (χ0) is 16.7. The smallest absolute Gasteiger partial charge is 0.316 e. The number of hydrogen-bond donors (Lipinski definition) is 1. The summed E-state index contributed by atoms with van der Waals surface area (Å²) in [6.07, 6.45) is 1.10. The van der Waals surface area contributed by atoms with Gasteiger partial charge in [-0.25, -0.2) is 9.48 Å². The summed E-state index contributed by atoms with van der Waals surface area (Å²) in [4.78, 5) is 2.30. The maximum atomic E-state index is 11.6. The molecule has 0 saturated carbocycles. The first-order chi connectivity index (χ1) is 11.6. The maximum absolute atomic E-state index is 11.6. The summed E-state index contributed by atoms with van der Waals surface area (Å²) >= 11 is 1.86. The Morgan fingerprint density at radius 2 is 1.84 bits per heavy atom. The number of aliphatic hydroxyl groups is 1. The predicted molar refractivity (Wildman–Crippen MR) is 101 cm³/mol. The standard InChI is InChI=1S/C20H23N2OS.BrH/c1-15-8-6-11-18(16(15)2)21-14-20(23,17-9-4-3-5-10-17)22-12-7-13-24-19(21)22;/h3-6,8-11,23H,7,12-14H2,1-2H3;1H/q+1;/p-1. The van der Waals surface area contributed by atoms with E-state index in [0.29, 0.717) is 6.54 Å². The summed E-state index contributed by atoms with van der Waals surface area (Å²) < 4.78 is 2.19. The van der Waals surface area contributed by atoms with E-state index in [1.165, 1.54) is 22.0 Å². The van der Waals surface area contributed by atoms with Crippen LogP contribution in [0.3, 0.4) is 0 Å². The molecule has 0 amide bonds. The van der Waals surface area contributed by atoms with Crippen LogP contribution in [0.15, 0.2) is 48.5 Å². The van der Waals surface area contributed by atoms with E-state index >= 15 is 0 Å². The van der Waals surface area contributed by atoms with E-state index in [9.17, 15) is 5.11 Å². The fourth-order valence-electron chi connectivity index (χ4n) is 3.67. The molecule has 2 aliphatic rings. The van der Waals surface area contributed by atoms with Gasteiger partial charge in [-0.1, -0.05) is 42.5 Å². The van der Waals surface area contributed by atoms with Gasteiger partial charge in [-0.05, 0) is 49.2 Å². The normalized spacial score (nSPS) is 22.6. The minimum Gasteiger partial charge on any atom is -1.00 e. The van der Waals surface area contributed by atoms with Crippen LogP contribution < -0.4 is 21.9 Å². The van der Waals surface area contributed by atoms with Gasteiger partial charge in [0.2, 0.25) is 0 Å². The van der Waals surface area contributed by atoms with Gasteiger partial charge in [0, 0.05) is 11.3 Å². The van der Waals surface area contributed by atoms with Crippen molar-refractivity contribution in [2.24, 2.45) is 0 Å². The number of amidine groups is 1. The molecule has 1 atom stereocenters. The molecule has 2 heterocycles. The lowest BCUT2D eigenvalue weighted by molar-refractivity contribution is -0.656. The molecule has 0 spiro atoms. The second-order valence-electron chi connectivity index (χ2n) is 6.62. The molecule has 4 rings (SSSR count). The molecule has 25 heavy (non-hydrogen) atoms. The van der Waals surface area contributed by atoms with Crippen LogP contribution in [0.25, 0.3) is 0 Å². The number of nitrogens with zero attached hydrogens (tertiary/aromatic N) is 2. The van der Waals surface area contributed by atoms with E-state index in [0.717, 1.165) is 24.3 Å². The fourth-order valence-corrected chi connectivity index (χ4v) is 4.84. The molecule has 3 nitrogen and oxygen atoms in total. The van der Waals surface area contributed by atoms with Crippen molar-refractivity contribution in [2.45, 2.75) is 26.0 Å². The van der Waals surface area contributed by atoms with Crippen LogP contribution in [0, 0.1) is 13.8 Å². The van der Waals surface area contributed by atoms with E-state index in [2.05, 4.69) is 41.5 Å². The molecule has 132 valence electrons. The highest BCUT2D eigenvalue weighted by atomic mass is 79.9. The Morgan fingerprint density at radius 3 is 2.60 bits per heavy atom. The van der Waals surface area contributed by atoms with Crippen LogP contribution in [-0.2, 0) is 5.72 Å². The second-order valence-corrected chi connectivity index (χ2v) is 7.69. The predicted octanol–water partition coefficient (Wildman–Crippen LogP) is 0.478. The fraction of sp³-hybridized carbons (Fsp3) is 0.350. The van der Waals surface area contributed by atoms with E-state index < -0.39 is 5.72 Å². The Balaban J connectivity index is 0.00000182. The summed E-state index contributed by atoms with van der Waals surface area (Å²) in [5.41, 5.74) is 3.79. The van der Waals surface area contributed by atoms with Crippen LogP contribution in [0.1, 0.15) is 23.1 Å². The molecule has 0 saturated heterocycles. The van der Waals surface area contributed by atoms with Crippen molar-refractivity contribution in [3.63, 3.8) is 0 Å². The second kappa shape index (κ2) is 7.14. The summed E-state index contributed by atoms with van der Waals surface area (Å²) in [6.45, 7) is 5.79. The van der Waals surface area contributed by atoms with E-state index in [4.69, 9.17) is 0 Å². The molecule has 0 aromatic heterocycles. The third-order valence-corrected chi connectivity index (χ3v) is 6.34. The Morgan fingerprint density at radius 1 is 1.08 bits per heavy atom. The van der Waals surface area contributed by atoms with Gasteiger partial charge in [0.1, 0.15) is 5.69 Å². The third kappa shape index (κ3) is 3.03. The quantitative estimate of drug-likeness (QED) is 0.718. The summed E-state index contributed by atoms with van der Waals surface area (Å²) in [5.74, 6) is 1.11. The average Bonchev–Trinajstić information content (AvgIpc) is 2.93. The molecule has 2 aromatic carbocycles. The van der Waals surface area contributed by atoms with Gasteiger partial charge in [-0.2, -0.15) is 0 Å². The molecule has 1 unspecified atom stereocenters. The lowest BCUT2D eigenvalue weighted by Crippen LogP contribution is -3.00. The SMILES string of the molecule is Cc1cccc(N2CC(O)(c3ccccc3)[N+]3=C2SCCC3)c1C.[Br-]. The van der Waals surface area contributed by atoms with Gasteiger partial charge in [-0.15, -0.1) is 0 Å². The first-order valence-electron chi connectivity index (χ1n) is 8.50. The minimum absolute atomic E-state index is 0. The number of β-amino-alcohol motifs (C(OH)–C–C–N with tert-alkyl or cyclic N) is 1. The number of anilines is 1. The molecule has 5 heteroatoms. The first-order valence-corrected chi connectivity index (χ1v) is 9.49. The van der Waals surface area contributed by atoms with Crippen molar-refractivity contribution in [3.05, 3.63) is 65.2 Å². The van der Waals surface area contributed by atoms with Crippen molar-refractivity contribution >= 4 is 22.6 Å². The van der Waals surface area contributed by atoms with Crippen molar-refractivity contribution in [3.8, 4) is 0 Å². The van der Waals surface area contributed by atoms with E-state index in [1.54, 1.807) is 0 Å². The lowest BCUT2D eigenvalue weighted by atomic mass is 10.0. The Hall–Kier alpha value is -1.30. The van der Waals surface area contributed by atoms with E-state index in [-0.39, 0.29) is 17.0 Å².